The van der Waals surface area contributed by atoms with E-state index in [0.717, 1.165) is 22.9 Å². The van der Waals surface area contributed by atoms with Crippen LogP contribution in [0.2, 0.25) is 0 Å². The van der Waals surface area contributed by atoms with E-state index in [1.807, 2.05) is 23.1 Å². The van der Waals surface area contributed by atoms with Gasteiger partial charge in [0.1, 0.15) is 23.0 Å². The minimum atomic E-state index is -0.163. The molecule has 0 bridgehead atoms. The van der Waals surface area contributed by atoms with Crippen LogP contribution in [0.15, 0.2) is 30.5 Å². The maximum Gasteiger partial charge on any atom is 0.272 e. The zero-order valence-corrected chi connectivity index (χ0v) is 19.5. The van der Waals surface area contributed by atoms with Gasteiger partial charge in [-0.2, -0.15) is 5.10 Å². The molecule has 1 amide bonds. The number of nitrogens with zero attached hydrogens (tertiary/aromatic N) is 5. The van der Waals surface area contributed by atoms with E-state index in [0.29, 0.717) is 36.8 Å². The van der Waals surface area contributed by atoms with Crippen LogP contribution in [0.1, 0.15) is 37.1 Å². The second-order valence-electron chi connectivity index (χ2n) is 8.89. The number of fused-ring (bicyclic) bond motifs is 1. The van der Waals surface area contributed by atoms with Gasteiger partial charge in [0.25, 0.3) is 5.91 Å². The summed E-state index contributed by atoms with van der Waals surface area (Å²) in [6, 6.07) is 7.53. The van der Waals surface area contributed by atoms with Gasteiger partial charge in [-0.05, 0) is 45.0 Å². The molecule has 1 aliphatic rings. The van der Waals surface area contributed by atoms with Crippen LogP contribution in [0, 0.1) is 0 Å². The summed E-state index contributed by atoms with van der Waals surface area (Å²) in [4.78, 5) is 19.8. The van der Waals surface area contributed by atoms with E-state index in [-0.39, 0.29) is 11.4 Å². The van der Waals surface area contributed by atoms with Gasteiger partial charge in [-0.3, -0.25) is 9.48 Å². The van der Waals surface area contributed by atoms with Gasteiger partial charge in [0.15, 0.2) is 11.5 Å². The van der Waals surface area contributed by atoms with Crippen molar-refractivity contribution < 1.29 is 14.3 Å². The van der Waals surface area contributed by atoms with Gasteiger partial charge < -0.3 is 24.3 Å². The number of hydrogen-bond acceptors (Lipinski definition) is 6. The molecule has 9 heteroatoms. The van der Waals surface area contributed by atoms with Crippen molar-refractivity contribution in [2.45, 2.75) is 39.4 Å². The van der Waals surface area contributed by atoms with Crippen molar-refractivity contribution in [3.63, 3.8) is 0 Å². The lowest BCUT2D eigenvalue weighted by Gasteiger charge is -2.30. The number of aryl methyl sites for hydroxylation is 1. The second kappa shape index (κ2) is 8.22. The van der Waals surface area contributed by atoms with Crippen LogP contribution in [-0.4, -0.2) is 56.4 Å². The van der Waals surface area contributed by atoms with Gasteiger partial charge in [-0.15, -0.1) is 0 Å². The number of aromatic nitrogens is 4. The number of rotatable bonds is 5. The summed E-state index contributed by atoms with van der Waals surface area (Å²) < 4.78 is 14.7. The number of hydrogen-bond donors (Lipinski definition) is 1. The molecule has 1 aromatic carbocycles. The van der Waals surface area contributed by atoms with Crippen LogP contribution < -0.4 is 14.8 Å². The molecular weight excluding hydrogens is 408 g/mol. The molecule has 0 atom stereocenters. The Morgan fingerprint density at radius 3 is 2.47 bits per heavy atom. The van der Waals surface area contributed by atoms with Crippen molar-refractivity contribution >= 4 is 11.7 Å². The summed E-state index contributed by atoms with van der Waals surface area (Å²) in [5.41, 5.74) is 2.15. The number of carbonyl (C=O) groups is 1. The molecule has 4 rings (SSSR count). The predicted octanol–water partition coefficient (Wildman–Crippen LogP) is 3.17. The quantitative estimate of drug-likeness (QED) is 0.659. The van der Waals surface area contributed by atoms with Gasteiger partial charge in [0.2, 0.25) is 0 Å². The highest BCUT2D eigenvalue weighted by molar-refractivity contribution is 5.92. The van der Waals surface area contributed by atoms with E-state index < -0.39 is 0 Å². The largest absolute Gasteiger partial charge is 0.493 e. The normalized spacial score (nSPS) is 13.6. The van der Waals surface area contributed by atoms with Crippen LogP contribution in [0.25, 0.3) is 11.3 Å². The topological polar surface area (TPSA) is 86.4 Å². The van der Waals surface area contributed by atoms with Crippen LogP contribution in [0.5, 0.6) is 11.5 Å². The fraction of sp³-hybridized carbons (Fsp3) is 0.435. The Labute approximate surface area is 187 Å². The Balaban J connectivity index is 1.74. The monoisotopic (exact) mass is 438 g/mol. The number of anilines is 1. The summed E-state index contributed by atoms with van der Waals surface area (Å²) in [5.74, 6) is 3.04. The summed E-state index contributed by atoms with van der Waals surface area (Å²) in [5, 5.41) is 7.74. The molecular formula is C23H30N6O3. The third-order valence-corrected chi connectivity index (χ3v) is 5.45. The minimum Gasteiger partial charge on any atom is -0.493 e. The number of imidazole rings is 1. The first-order valence-corrected chi connectivity index (χ1v) is 10.6. The van der Waals surface area contributed by atoms with Crippen LogP contribution in [-0.2, 0) is 20.1 Å². The molecule has 1 aliphatic heterocycles. The van der Waals surface area contributed by atoms with Gasteiger partial charge in [-0.25, -0.2) is 4.98 Å². The molecule has 0 saturated heterocycles. The molecule has 32 heavy (non-hydrogen) atoms. The van der Waals surface area contributed by atoms with E-state index >= 15 is 0 Å². The van der Waals surface area contributed by atoms with Gasteiger partial charge in [0, 0.05) is 37.4 Å². The molecule has 0 unspecified atom stereocenters. The van der Waals surface area contributed by atoms with E-state index in [2.05, 4.69) is 35.8 Å². The second-order valence-corrected chi connectivity index (χ2v) is 8.89. The zero-order chi connectivity index (χ0) is 23.0. The van der Waals surface area contributed by atoms with E-state index in [1.54, 1.807) is 38.2 Å². The smallest absolute Gasteiger partial charge is 0.272 e. The molecule has 0 spiro atoms. The fourth-order valence-electron chi connectivity index (χ4n) is 3.92. The molecule has 1 N–H and O–H groups in total. The van der Waals surface area contributed by atoms with Crippen LogP contribution in [0.4, 0.5) is 5.82 Å². The Morgan fingerprint density at radius 1 is 1.09 bits per heavy atom. The van der Waals surface area contributed by atoms with Crippen molar-refractivity contribution in [3.8, 4) is 22.8 Å². The van der Waals surface area contributed by atoms with E-state index in [1.165, 1.54) is 0 Å². The van der Waals surface area contributed by atoms with Gasteiger partial charge in [-0.1, -0.05) is 0 Å². The lowest BCUT2D eigenvalue weighted by molar-refractivity contribution is 0.0696. The van der Waals surface area contributed by atoms with Gasteiger partial charge in [0.05, 0.1) is 20.8 Å². The molecule has 0 saturated carbocycles. The maximum atomic E-state index is 13.0. The Hall–Kier alpha value is -3.49. The highest BCUT2D eigenvalue weighted by Crippen LogP contribution is 2.37. The number of amides is 1. The fourth-order valence-corrected chi connectivity index (χ4v) is 3.92. The Bertz CT molecular complexity index is 1140. The average Bonchev–Trinajstić information content (AvgIpc) is 3.34. The van der Waals surface area contributed by atoms with Crippen molar-refractivity contribution in [2.24, 2.45) is 7.05 Å². The molecule has 9 nitrogen and oxygen atoms in total. The summed E-state index contributed by atoms with van der Waals surface area (Å²) >= 11 is 0. The van der Waals surface area contributed by atoms with E-state index in [4.69, 9.17) is 14.5 Å². The molecule has 170 valence electrons. The van der Waals surface area contributed by atoms with Gasteiger partial charge >= 0.3 is 0 Å². The van der Waals surface area contributed by atoms with E-state index in [9.17, 15) is 4.79 Å². The first-order chi connectivity index (χ1) is 15.2. The molecule has 0 radical (unpaired) electrons. The maximum absolute atomic E-state index is 13.0. The number of ether oxygens (including phenoxy) is 2. The minimum absolute atomic E-state index is 0.0442. The Kier molecular flexibility index (Phi) is 5.58. The molecule has 2 aromatic heterocycles. The standard InChI is InChI=1S/C23H30N6O3/c1-23(2,3)26-21-20(15-7-8-17(31-5)18(13-15)32-6)25-19-14-28(11-12-29(19)21)22(30)16-9-10-24-27(16)4/h7-10,13,26H,11-12,14H2,1-6H3. The van der Waals surface area contributed by atoms with Crippen molar-refractivity contribution in [3.05, 3.63) is 42.0 Å². The number of benzene rings is 1. The summed E-state index contributed by atoms with van der Waals surface area (Å²) in [6.45, 7) is 8.02. The molecule has 3 aromatic rings. The average molecular weight is 439 g/mol. The lowest BCUT2D eigenvalue weighted by Crippen LogP contribution is -2.40. The van der Waals surface area contributed by atoms with Crippen molar-refractivity contribution in [2.75, 3.05) is 26.1 Å². The highest BCUT2D eigenvalue weighted by Gasteiger charge is 2.30. The van der Waals surface area contributed by atoms with Crippen LogP contribution in [0.3, 0.4) is 0 Å². The summed E-state index contributed by atoms with van der Waals surface area (Å²) in [7, 11) is 5.02. The predicted molar refractivity (Wildman–Crippen MR) is 122 cm³/mol. The highest BCUT2D eigenvalue weighted by atomic mass is 16.5. The molecule has 0 fully saturated rings. The number of carbonyl (C=O) groups excluding carboxylic acids is 1. The van der Waals surface area contributed by atoms with Crippen molar-refractivity contribution in [1.29, 1.82) is 0 Å². The zero-order valence-electron chi connectivity index (χ0n) is 19.5. The molecule has 0 aliphatic carbocycles. The lowest BCUT2D eigenvalue weighted by atomic mass is 10.1. The number of methoxy groups -OCH3 is 2. The third-order valence-electron chi connectivity index (χ3n) is 5.45. The first-order valence-electron chi connectivity index (χ1n) is 10.6. The third kappa shape index (κ3) is 4.02. The van der Waals surface area contributed by atoms with Crippen LogP contribution >= 0.6 is 0 Å². The number of nitrogens with one attached hydrogen (secondary N) is 1. The van der Waals surface area contributed by atoms with Crippen molar-refractivity contribution in [1.82, 2.24) is 24.2 Å². The summed E-state index contributed by atoms with van der Waals surface area (Å²) in [6.07, 6.45) is 1.64. The Morgan fingerprint density at radius 2 is 1.84 bits per heavy atom. The SMILES string of the molecule is COc1ccc(-c2nc3n(c2NC(C)(C)C)CCN(C(=O)c2ccnn2C)C3)cc1OC. The first kappa shape index (κ1) is 21.7. The molecule has 3 heterocycles.